The van der Waals surface area contributed by atoms with E-state index in [1.807, 2.05) is 26.0 Å². The second-order valence-electron chi connectivity index (χ2n) is 3.37. The number of rotatable bonds is 1. The smallest absolute Gasteiger partial charge is 0.335 e. The molecule has 2 aromatic rings. The fourth-order valence-electron chi connectivity index (χ4n) is 1.55. The Bertz CT molecular complexity index is 511. The molecule has 1 N–H and O–H groups in total. The molecule has 0 bridgehead atoms. The minimum atomic E-state index is -0.853. The van der Waals surface area contributed by atoms with Crippen LogP contribution in [0, 0.1) is 13.8 Å². The Labute approximate surface area is 85.8 Å². The van der Waals surface area contributed by atoms with Crippen LogP contribution in [0.3, 0.4) is 0 Å². The van der Waals surface area contributed by atoms with Crippen molar-refractivity contribution in [3.8, 4) is 0 Å². The summed E-state index contributed by atoms with van der Waals surface area (Å²) in [5, 5.41) is 9.96. The molecule has 72 valence electrons. The van der Waals surface area contributed by atoms with Gasteiger partial charge in [0.2, 0.25) is 0 Å². The van der Waals surface area contributed by atoms with Crippen molar-refractivity contribution < 1.29 is 9.90 Å². The zero-order valence-corrected chi connectivity index (χ0v) is 8.81. The molecular formula is C11H10O2S. The van der Waals surface area contributed by atoms with Gasteiger partial charge in [0.1, 0.15) is 0 Å². The molecule has 0 saturated heterocycles. The van der Waals surface area contributed by atoms with Crippen LogP contribution in [0.2, 0.25) is 0 Å². The van der Waals surface area contributed by atoms with Crippen LogP contribution < -0.4 is 0 Å². The number of carboxylic acids is 1. The number of benzene rings is 1. The average Bonchev–Trinajstić information content (AvgIpc) is 2.42. The third-order valence-electron chi connectivity index (χ3n) is 2.22. The lowest BCUT2D eigenvalue weighted by Crippen LogP contribution is -1.98. The van der Waals surface area contributed by atoms with Gasteiger partial charge in [-0.2, -0.15) is 0 Å². The molecule has 0 aliphatic rings. The highest BCUT2D eigenvalue weighted by Crippen LogP contribution is 2.27. The molecule has 2 nitrogen and oxygen atoms in total. The number of aromatic carboxylic acids is 1. The Kier molecular flexibility index (Phi) is 2.04. The van der Waals surface area contributed by atoms with Crippen LogP contribution in [0.15, 0.2) is 18.2 Å². The summed E-state index contributed by atoms with van der Waals surface area (Å²) in [6.45, 7) is 3.86. The van der Waals surface area contributed by atoms with E-state index in [4.69, 9.17) is 5.11 Å². The third-order valence-corrected chi connectivity index (χ3v) is 3.23. The quantitative estimate of drug-likeness (QED) is 0.777. The van der Waals surface area contributed by atoms with Crippen molar-refractivity contribution in [1.82, 2.24) is 0 Å². The largest absolute Gasteiger partial charge is 0.478 e. The summed E-state index contributed by atoms with van der Waals surface area (Å²) in [6, 6.07) is 5.71. The molecule has 0 fully saturated rings. The first-order valence-corrected chi connectivity index (χ1v) is 5.13. The summed E-state index contributed by atoms with van der Waals surface area (Å²) in [5.74, 6) is -0.853. The SMILES string of the molecule is Cc1cc2cc(C(=O)O)c(C)cc2s1. The van der Waals surface area contributed by atoms with E-state index in [9.17, 15) is 4.79 Å². The zero-order valence-electron chi connectivity index (χ0n) is 8.00. The fourth-order valence-corrected chi connectivity index (χ4v) is 2.56. The first-order valence-electron chi connectivity index (χ1n) is 4.32. The Morgan fingerprint density at radius 2 is 2.00 bits per heavy atom. The van der Waals surface area contributed by atoms with Gasteiger partial charge < -0.3 is 5.11 Å². The van der Waals surface area contributed by atoms with Gasteiger partial charge in [-0.1, -0.05) is 0 Å². The standard InChI is InChI=1S/C11H10O2S/c1-6-3-10-8(4-7(2)14-10)5-9(6)11(12)13/h3-5H,1-2H3,(H,12,13). The molecule has 14 heavy (non-hydrogen) atoms. The highest BCUT2D eigenvalue weighted by molar-refractivity contribution is 7.19. The van der Waals surface area contributed by atoms with E-state index in [1.54, 1.807) is 17.4 Å². The lowest BCUT2D eigenvalue weighted by atomic mass is 10.1. The second kappa shape index (κ2) is 3.10. The van der Waals surface area contributed by atoms with E-state index < -0.39 is 5.97 Å². The molecule has 0 aliphatic heterocycles. The van der Waals surface area contributed by atoms with E-state index in [0.29, 0.717) is 5.56 Å². The van der Waals surface area contributed by atoms with E-state index in [-0.39, 0.29) is 0 Å². The van der Waals surface area contributed by atoms with Crippen LogP contribution in [-0.4, -0.2) is 11.1 Å². The molecule has 0 aliphatic carbocycles. The third kappa shape index (κ3) is 1.40. The highest BCUT2D eigenvalue weighted by atomic mass is 32.1. The van der Waals surface area contributed by atoms with Gasteiger partial charge in [0.25, 0.3) is 0 Å². The number of carbonyl (C=O) groups is 1. The molecule has 0 spiro atoms. The normalized spacial score (nSPS) is 10.7. The fraction of sp³-hybridized carbons (Fsp3) is 0.182. The van der Waals surface area contributed by atoms with Crippen LogP contribution >= 0.6 is 11.3 Å². The first-order chi connectivity index (χ1) is 6.58. The molecule has 0 amide bonds. The van der Waals surface area contributed by atoms with E-state index in [2.05, 4.69) is 0 Å². The summed E-state index contributed by atoms with van der Waals surface area (Å²) in [6.07, 6.45) is 0. The van der Waals surface area contributed by atoms with Crippen molar-refractivity contribution in [2.75, 3.05) is 0 Å². The molecule has 3 heteroatoms. The molecule has 1 heterocycles. The Balaban J connectivity index is 2.76. The van der Waals surface area contributed by atoms with Gasteiger partial charge in [-0.05, 0) is 43.0 Å². The second-order valence-corrected chi connectivity index (χ2v) is 4.66. The van der Waals surface area contributed by atoms with Gasteiger partial charge in [-0.15, -0.1) is 11.3 Å². The molecule has 1 aromatic carbocycles. The van der Waals surface area contributed by atoms with Crippen LogP contribution in [0.25, 0.3) is 10.1 Å². The summed E-state index contributed by atoms with van der Waals surface area (Å²) in [7, 11) is 0. The highest BCUT2D eigenvalue weighted by Gasteiger charge is 2.09. The minimum absolute atomic E-state index is 0.398. The number of hydrogen-bond acceptors (Lipinski definition) is 2. The maximum Gasteiger partial charge on any atom is 0.335 e. The Morgan fingerprint density at radius 1 is 1.29 bits per heavy atom. The average molecular weight is 206 g/mol. The topological polar surface area (TPSA) is 37.3 Å². The van der Waals surface area contributed by atoms with Crippen LogP contribution in [0.5, 0.6) is 0 Å². The number of fused-ring (bicyclic) bond motifs is 1. The number of carboxylic acid groups (broad SMARTS) is 1. The van der Waals surface area contributed by atoms with Gasteiger partial charge in [-0.25, -0.2) is 4.79 Å². The van der Waals surface area contributed by atoms with E-state index >= 15 is 0 Å². The molecule has 0 saturated carbocycles. The minimum Gasteiger partial charge on any atom is -0.478 e. The Morgan fingerprint density at radius 3 is 2.64 bits per heavy atom. The maximum absolute atomic E-state index is 10.9. The monoisotopic (exact) mass is 206 g/mol. The lowest BCUT2D eigenvalue weighted by Gasteiger charge is -1.99. The molecule has 0 atom stereocenters. The predicted octanol–water partition coefficient (Wildman–Crippen LogP) is 3.22. The molecular weight excluding hydrogens is 196 g/mol. The van der Waals surface area contributed by atoms with Crippen molar-refractivity contribution in [1.29, 1.82) is 0 Å². The Hall–Kier alpha value is -1.35. The van der Waals surface area contributed by atoms with Gasteiger partial charge in [-0.3, -0.25) is 0 Å². The molecule has 1 aromatic heterocycles. The number of aryl methyl sites for hydroxylation is 2. The summed E-state index contributed by atoms with van der Waals surface area (Å²) >= 11 is 1.69. The van der Waals surface area contributed by atoms with Crippen LogP contribution in [0.1, 0.15) is 20.8 Å². The van der Waals surface area contributed by atoms with Crippen molar-refractivity contribution in [2.24, 2.45) is 0 Å². The molecule has 0 radical (unpaired) electrons. The lowest BCUT2D eigenvalue weighted by molar-refractivity contribution is 0.0696. The molecule has 2 rings (SSSR count). The van der Waals surface area contributed by atoms with E-state index in [0.717, 1.165) is 15.6 Å². The molecule has 0 unspecified atom stereocenters. The van der Waals surface area contributed by atoms with Gasteiger partial charge in [0, 0.05) is 9.58 Å². The first kappa shape index (κ1) is 9.21. The zero-order chi connectivity index (χ0) is 10.3. The number of thiophene rings is 1. The van der Waals surface area contributed by atoms with Crippen LogP contribution in [0.4, 0.5) is 0 Å². The summed E-state index contributed by atoms with van der Waals surface area (Å²) in [5.41, 5.74) is 1.22. The van der Waals surface area contributed by atoms with Gasteiger partial charge in [0.05, 0.1) is 5.56 Å². The predicted molar refractivity (Wildman–Crippen MR) is 58.3 cm³/mol. The van der Waals surface area contributed by atoms with Crippen molar-refractivity contribution >= 4 is 27.4 Å². The van der Waals surface area contributed by atoms with Crippen molar-refractivity contribution in [3.05, 3.63) is 34.2 Å². The van der Waals surface area contributed by atoms with Crippen molar-refractivity contribution in [2.45, 2.75) is 13.8 Å². The number of hydrogen-bond donors (Lipinski definition) is 1. The van der Waals surface area contributed by atoms with Gasteiger partial charge >= 0.3 is 5.97 Å². The maximum atomic E-state index is 10.9. The summed E-state index contributed by atoms with van der Waals surface area (Å²) < 4.78 is 1.16. The van der Waals surface area contributed by atoms with E-state index in [1.165, 1.54) is 4.88 Å². The summed E-state index contributed by atoms with van der Waals surface area (Å²) in [4.78, 5) is 12.1. The van der Waals surface area contributed by atoms with Crippen molar-refractivity contribution in [3.63, 3.8) is 0 Å². The van der Waals surface area contributed by atoms with Gasteiger partial charge in [0.15, 0.2) is 0 Å². The van der Waals surface area contributed by atoms with Crippen LogP contribution in [-0.2, 0) is 0 Å².